The Morgan fingerprint density at radius 2 is 1.86 bits per heavy atom. The maximum absolute atomic E-state index is 4.52. The van der Waals surface area contributed by atoms with E-state index in [1.54, 1.807) is 0 Å². The molecule has 1 atom stereocenters. The molecule has 0 fully saturated rings. The molecular formula is C17H33N5. The molecule has 5 nitrogen and oxygen atoms in total. The van der Waals surface area contributed by atoms with Crippen molar-refractivity contribution < 1.29 is 0 Å². The summed E-state index contributed by atoms with van der Waals surface area (Å²) in [4.78, 5) is 4.30. The van der Waals surface area contributed by atoms with Crippen LogP contribution in [0.4, 0.5) is 0 Å². The van der Waals surface area contributed by atoms with Gasteiger partial charge in [0.1, 0.15) is 0 Å². The van der Waals surface area contributed by atoms with Gasteiger partial charge in [0, 0.05) is 32.4 Å². The summed E-state index contributed by atoms with van der Waals surface area (Å²) in [5.74, 6) is 2.10. The van der Waals surface area contributed by atoms with Gasteiger partial charge in [-0.3, -0.25) is 9.67 Å². The van der Waals surface area contributed by atoms with Crippen LogP contribution in [0.2, 0.25) is 0 Å². The van der Waals surface area contributed by atoms with Gasteiger partial charge in [-0.1, -0.05) is 33.6 Å². The van der Waals surface area contributed by atoms with Gasteiger partial charge in [-0.05, 0) is 31.7 Å². The first kappa shape index (κ1) is 18.5. The van der Waals surface area contributed by atoms with Crippen LogP contribution in [0, 0.1) is 25.7 Å². The van der Waals surface area contributed by atoms with Gasteiger partial charge >= 0.3 is 0 Å². The molecule has 0 aliphatic carbocycles. The van der Waals surface area contributed by atoms with Crippen molar-refractivity contribution in [2.24, 2.45) is 16.8 Å². The molecule has 0 spiro atoms. The molecule has 0 bridgehead atoms. The van der Waals surface area contributed by atoms with Gasteiger partial charge < -0.3 is 10.6 Å². The molecule has 1 heterocycles. The largest absolute Gasteiger partial charge is 0.356 e. The second-order valence-electron chi connectivity index (χ2n) is 6.23. The average Bonchev–Trinajstić information content (AvgIpc) is 2.80. The Balaban J connectivity index is 2.38. The zero-order chi connectivity index (χ0) is 16.5. The minimum absolute atomic E-state index is 0.490. The van der Waals surface area contributed by atoms with E-state index >= 15 is 0 Å². The van der Waals surface area contributed by atoms with Crippen LogP contribution in [-0.4, -0.2) is 35.9 Å². The highest BCUT2D eigenvalue weighted by Gasteiger charge is 2.09. The lowest BCUT2D eigenvalue weighted by Crippen LogP contribution is -2.41. The number of aliphatic imine (C=N–C) groups is 1. The van der Waals surface area contributed by atoms with Gasteiger partial charge in [-0.2, -0.15) is 5.10 Å². The smallest absolute Gasteiger partial charge is 0.190 e. The van der Waals surface area contributed by atoms with Gasteiger partial charge in [0.25, 0.3) is 0 Å². The molecule has 0 saturated heterocycles. The molecule has 1 aromatic rings. The fourth-order valence-corrected chi connectivity index (χ4v) is 2.53. The first-order valence-corrected chi connectivity index (χ1v) is 8.45. The molecule has 2 N–H and O–H groups in total. The van der Waals surface area contributed by atoms with Crippen LogP contribution in [0.1, 0.15) is 45.0 Å². The number of nitrogens with one attached hydrogen (secondary N) is 2. The molecule has 1 rings (SSSR count). The maximum atomic E-state index is 4.52. The molecule has 0 aliphatic heterocycles. The van der Waals surface area contributed by atoms with E-state index in [-0.39, 0.29) is 0 Å². The highest BCUT2D eigenvalue weighted by molar-refractivity contribution is 5.79. The number of aryl methyl sites for hydroxylation is 2. The van der Waals surface area contributed by atoms with Crippen molar-refractivity contribution in [1.29, 1.82) is 0 Å². The molecule has 1 unspecified atom stereocenters. The number of guanidine groups is 1. The second-order valence-corrected chi connectivity index (χ2v) is 6.23. The fourth-order valence-electron chi connectivity index (χ4n) is 2.53. The first-order valence-electron chi connectivity index (χ1n) is 8.45. The molecule has 22 heavy (non-hydrogen) atoms. The molecule has 126 valence electrons. The van der Waals surface area contributed by atoms with E-state index in [2.05, 4.69) is 59.2 Å². The standard InChI is InChI=1S/C17H33N5/c1-7-16(8-2)11-20-17(18-6)19-10-13(3)12-22-15(5)9-14(4)21-22/h9,13,16H,7-8,10-12H2,1-6H3,(H2,18,19,20). The lowest BCUT2D eigenvalue weighted by atomic mass is 10.0. The Morgan fingerprint density at radius 1 is 1.23 bits per heavy atom. The van der Waals surface area contributed by atoms with Crippen LogP contribution in [0.5, 0.6) is 0 Å². The summed E-state index contributed by atoms with van der Waals surface area (Å²) in [6, 6.07) is 2.12. The lowest BCUT2D eigenvalue weighted by molar-refractivity contribution is 0.433. The van der Waals surface area contributed by atoms with E-state index in [0.29, 0.717) is 11.8 Å². The van der Waals surface area contributed by atoms with E-state index < -0.39 is 0 Å². The fraction of sp³-hybridized carbons (Fsp3) is 0.765. The predicted molar refractivity (Wildman–Crippen MR) is 94.3 cm³/mol. The molecule has 0 aliphatic rings. The second kappa shape index (κ2) is 9.49. The van der Waals surface area contributed by atoms with Crippen LogP contribution in [0.25, 0.3) is 0 Å². The van der Waals surface area contributed by atoms with E-state index in [4.69, 9.17) is 0 Å². The van der Waals surface area contributed by atoms with E-state index in [1.165, 1.54) is 18.5 Å². The third kappa shape index (κ3) is 6.08. The zero-order valence-corrected chi connectivity index (χ0v) is 15.1. The van der Waals surface area contributed by atoms with Gasteiger partial charge in [0.05, 0.1) is 5.69 Å². The van der Waals surface area contributed by atoms with Crippen LogP contribution >= 0.6 is 0 Å². The Bertz CT molecular complexity index is 460. The molecule has 0 saturated carbocycles. The van der Waals surface area contributed by atoms with Crippen molar-refractivity contribution in [2.45, 2.75) is 54.0 Å². The minimum atomic E-state index is 0.490. The topological polar surface area (TPSA) is 54.2 Å². The SMILES string of the molecule is CCC(CC)CNC(=NC)NCC(C)Cn1nc(C)cc1C. The third-order valence-corrected chi connectivity index (χ3v) is 4.14. The van der Waals surface area contributed by atoms with Crippen molar-refractivity contribution in [1.82, 2.24) is 20.4 Å². The van der Waals surface area contributed by atoms with Crippen molar-refractivity contribution in [2.75, 3.05) is 20.1 Å². The van der Waals surface area contributed by atoms with E-state index in [1.807, 2.05) is 14.0 Å². The highest BCUT2D eigenvalue weighted by atomic mass is 15.3. The highest BCUT2D eigenvalue weighted by Crippen LogP contribution is 2.06. The molecule has 1 aromatic heterocycles. The summed E-state index contributed by atoms with van der Waals surface area (Å²) in [7, 11) is 1.83. The van der Waals surface area contributed by atoms with Crippen molar-refractivity contribution in [3.05, 3.63) is 17.5 Å². The Kier molecular flexibility index (Phi) is 7.99. The van der Waals surface area contributed by atoms with E-state index in [9.17, 15) is 0 Å². The third-order valence-electron chi connectivity index (χ3n) is 4.14. The lowest BCUT2D eigenvalue weighted by Gasteiger charge is -2.19. The number of hydrogen-bond acceptors (Lipinski definition) is 2. The first-order chi connectivity index (χ1) is 10.5. The molecular weight excluding hydrogens is 274 g/mol. The monoisotopic (exact) mass is 307 g/mol. The van der Waals surface area contributed by atoms with Crippen LogP contribution in [-0.2, 0) is 6.54 Å². The van der Waals surface area contributed by atoms with E-state index in [0.717, 1.165) is 31.3 Å². The predicted octanol–water partition coefficient (Wildman–Crippen LogP) is 2.74. The number of nitrogens with zero attached hydrogens (tertiary/aromatic N) is 3. The zero-order valence-electron chi connectivity index (χ0n) is 15.1. The Labute approximate surface area is 135 Å². The van der Waals surface area contributed by atoms with Gasteiger partial charge in [-0.25, -0.2) is 0 Å². The molecule has 0 aromatic carbocycles. The Hall–Kier alpha value is -1.52. The molecule has 0 radical (unpaired) electrons. The number of hydrogen-bond donors (Lipinski definition) is 2. The quantitative estimate of drug-likeness (QED) is 0.573. The van der Waals surface area contributed by atoms with Gasteiger partial charge in [0.15, 0.2) is 5.96 Å². The van der Waals surface area contributed by atoms with Crippen molar-refractivity contribution >= 4 is 5.96 Å². The van der Waals surface area contributed by atoms with Crippen LogP contribution < -0.4 is 10.6 Å². The summed E-state index contributed by atoms with van der Waals surface area (Å²) in [6.45, 7) is 13.7. The summed E-state index contributed by atoms with van der Waals surface area (Å²) in [6.07, 6.45) is 2.41. The maximum Gasteiger partial charge on any atom is 0.190 e. The molecule has 5 heteroatoms. The minimum Gasteiger partial charge on any atom is -0.356 e. The number of aromatic nitrogens is 2. The average molecular weight is 307 g/mol. The van der Waals surface area contributed by atoms with Crippen molar-refractivity contribution in [3.63, 3.8) is 0 Å². The number of rotatable bonds is 8. The normalized spacial score (nSPS) is 13.5. The summed E-state index contributed by atoms with van der Waals surface area (Å²) in [5, 5.41) is 11.4. The van der Waals surface area contributed by atoms with Crippen LogP contribution in [0.3, 0.4) is 0 Å². The summed E-state index contributed by atoms with van der Waals surface area (Å²) >= 11 is 0. The Morgan fingerprint density at radius 3 is 2.36 bits per heavy atom. The van der Waals surface area contributed by atoms with Crippen LogP contribution in [0.15, 0.2) is 11.1 Å². The van der Waals surface area contributed by atoms with Gasteiger partial charge in [-0.15, -0.1) is 0 Å². The van der Waals surface area contributed by atoms with Crippen molar-refractivity contribution in [3.8, 4) is 0 Å². The summed E-state index contributed by atoms with van der Waals surface area (Å²) < 4.78 is 2.09. The summed E-state index contributed by atoms with van der Waals surface area (Å²) in [5.41, 5.74) is 2.31. The van der Waals surface area contributed by atoms with Gasteiger partial charge in [0.2, 0.25) is 0 Å². The molecule has 0 amide bonds.